The monoisotopic (exact) mass is 247 g/mol. The molecule has 0 saturated carbocycles. The van der Waals surface area contributed by atoms with Crippen molar-refractivity contribution in [3.05, 3.63) is 48.6 Å². The molecule has 0 aliphatic carbocycles. The molecule has 0 heterocycles. The number of hydrogen-bond acceptors (Lipinski definition) is 2. The van der Waals surface area contributed by atoms with Gasteiger partial charge in [0.15, 0.2) is 0 Å². The van der Waals surface area contributed by atoms with Gasteiger partial charge >= 0.3 is 6.03 Å². The zero-order chi connectivity index (χ0) is 13.2. The lowest BCUT2D eigenvalue weighted by Crippen LogP contribution is -2.39. The minimum Gasteiger partial charge on any atom is -0.337 e. The van der Waals surface area contributed by atoms with Crippen LogP contribution in [0, 0.1) is 0 Å². The molecule has 0 unspecified atom stereocenters. The van der Waals surface area contributed by atoms with Crippen molar-refractivity contribution < 1.29 is 4.79 Å². The van der Waals surface area contributed by atoms with Gasteiger partial charge in [0.25, 0.3) is 0 Å². The van der Waals surface area contributed by atoms with Crippen LogP contribution in [0.2, 0.25) is 0 Å². The zero-order valence-corrected chi connectivity index (χ0v) is 10.9. The van der Waals surface area contributed by atoms with Crippen LogP contribution < -0.4 is 10.6 Å². The van der Waals surface area contributed by atoms with Gasteiger partial charge in [0.1, 0.15) is 0 Å². The Morgan fingerprint density at radius 3 is 2.72 bits per heavy atom. The van der Waals surface area contributed by atoms with E-state index in [0.29, 0.717) is 13.1 Å². The van der Waals surface area contributed by atoms with E-state index < -0.39 is 0 Å². The van der Waals surface area contributed by atoms with Crippen LogP contribution in [0.4, 0.5) is 4.79 Å². The standard InChI is InChI=1S/C14H21N3O/c1-3-9-15-14(18)16-10-11-17(2)12-13-7-5-4-6-8-13/h3-8H,1,9-12H2,2H3,(H2,15,16,18). The molecule has 0 bridgehead atoms. The maximum absolute atomic E-state index is 11.3. The molecule has 0 aliphatic heterocycles. The molecule has 0 fully saturated rings. The van der Waals surface area contributed by atoms with Crippen molar-refractivity contribution in [1.82, 2.24) is 15.5 Å². The molecule has 2 amide bonds. The van der Waals surface area contributed by atoms with E-state index >= 15 is 0 Å². The molecule has 4 nitrogen and oxygen atoms in total. The van der Waals surface area contributed by atoms with E-state index in [1.807, 2.05) is 25.2 Å². The van der Waals surface area contributed by atoms with Gasteiger partial charge in [0.2, 0.25) is 0 Å². The topological polar surface area (TPSA) is 44.4 Å². The van der Waals surface area contributed by atoms with Crippen molar-refractivity contribution in [3.8, 4) is 0 Å². The van der Waals surface area contributed by atoms with E-state index in [1.54, 1.807) is 6.08 Å². The van der Waals surface area contributed by atoms with Crippen molar-refractivity contribution in [3.63, 3.8) is 0 Å². The number of carbonyl (C=O) groups is 1. The summed E-state index contributed by atoms with van der Waals surface area (Å²) in [5.74, 6) is 0. The normalized spacial score (nSPS) is 10.1. The third-order valence-electron chi connectivity index (χ3n) is 2.48. The Kier molecular flexibility index (Phi) is 6.58. The number of hydrogen-bond donors (Lipinski definition) is 2. The molecule has 18 heavy (non-hydrogen) atoms. The van der Waals surface area contributed by atoms with Crippen LogP contribution in [0.5, 0.6) is 0 Å². The first-order valence-corrected chi connectivity index (χ1v) is 6.07. The summed E-state index contributed by atoms with van der Waals surface area (Å²) in [4.78, 5) is 13.4. The third kappa shape index (κ3) is 6.06. The minimum absolute atomic E-state index is 0.150. The molecule has 0 atom stereocenters. The number of amides is 2. The average molecular weight is 247 g/mol. The van der Waals surface area contributed by atoms with Gasteiger partial charge in [0.05, 0.1) is 0 Å². The van der Waals surface area contributed by atoms with E-state index in [4.69, 9.17) is 0 Å². The smallest absolute Gasteiger partial charge is 0.315 e. The van der Waals surface area contributed by atoms with Gasteiger partial charge < -0.3 is 15.5 Å². The highest BCUT2D eigenvalue weighted by atomic mass is 16.2. The third-order valence-corrected chi connectivity index (χ3v) is 2.48. The summed E-state index contributed by atoms with van der Waals surface area (Å²) in [6.45, 7) is 6.36. The lowest BCUT2D eigenvalue weighted by atomic mass is 10.2. The molecule has 1 aromatic carbocycles. The Hall–Kier alpha value is -1.81. The van der Waals surface area contributed by atoms with Gasteiger partial charge in [-0.15, -0.1) is 6.58 Å². The molecule has 0 aliphatic rings. The van der Waals surface area contributed by atoms with E-state index in [2.05, 4.69) is 34.2 Å². The number of benzene rings is 1. The molecule has 1 rings (SSSR count). The Labute approximate surface area is 109 Å². The second-order valence-corrected chi connectivity index (χ2v) is 4.15. The first-order chi connectivity index (χ1) is 8.72. The highest BCUT2D eigenvalue weighted by Gasteiger charge is 2.01. The van der Waals surface area contributed by atoms with Crippen LogP contribution in [0.15, 0.2) is 43.0 Å². The number of nitrogens with zero attached hydrogens (tertiary/aromatic N) is 1. The van der Waals surface area contributed by atoms with Crippen molar-refractivity contribution in [1.29, 1.82) is 0 Å². The largest absolute Gasteiger partial charge is 0.337 e. The first kappa shape index (κ1) is 14.3. The average Bonchev–Trinajstić information content (AvgIpc) is 2.37. The van der Waals surface area contributed by atoms with Gasteiger partial charge in [-0.25, -0.2) is 4.79 Å². The maximum Gasteiger partial charge on any atom is 0.315 e. The number of rotatable bonds is 7. The van der Waals surface area contributed by atoms with Crippen LogP contribution in [-0.4, -0.2) is 37.6 Å². The van der Waals surface area contributed by atoms with Gasteiger partial charge in [-0.3, -0.25) is 0 Å². The molecule has 0 radical (unpaired) electrons. The number of urea groups is 1. The molecule has 0 saturated heterocycles. The lowest BCUT2D eigenvalue weighted by Gasteiger charge is -2.17. The molecule has 0 aromatic heterocycles. The van der Waals surface area contributed by atoms with Gasteiger partial charge in [-0.1, -0.05) is 36.4 Å². The fourth-order valence-electron chi connectivity index (χ4n) is 1.56. The second kappa shape index (κ2) is 8.31. The van der Waals surface area contributed by atoms with E-state index in [-0.39, 0.29) is 6.03 Å². The summed E-state index contributed by atoms with van der Waals surface area (Å²) >= 11 is 0. The zero-order valence-electron chi connectivity index (χ0n) is 10.9. The SMILES string of the molecule is C=CCNC(=O)NCCN(C)Cc1ccccc1. The summed E-state index contributed by atoms with van der Waals surface area (Å²) in [7, 11) is 2.04. The molecule has 4 heteroatoms. The van der Waals surface area contributed by atoms with Crippen LogP contribution in [-0.2, 0) is 6.54 Å². The van der Waals surface area contributed by atoms with Crippen molar-refractivity contribution >= 4 is 6.03 Å². The van der Waals surface area contributed by atoms with Crippen LogP contribution in [0.25, 0.3) is 0 Å². The molecular weight excluding hydrogens is 226 g/mol. The predicted molar refractivity (Wildman–Crippen MR) is 74.4 cm³/mol. The first-order valence-electron chi connectivity index (χ1n) is 6.07. The highest BCUT2D eigenvalue weighted by Crippen LogP contribution is 2.01. The van der Waals surface area contributed by atoms with Gasteiger partial charge in [0, 0.05) is 26.2 Å². The van der Waals surface area contributed by atoms with Gasteiger partial charge in [-0.2, -0.15) is 0 Å². The van der Waals surface area contributed by atoms with Crippen LogP contribution >= 0.6 is 0 Å². The highest BCUT2D eigenvalue weighted by molar-refractivity contribution is 5.73. The fourth-order valence-corrected chi connectivity index (χ4v) is 1.56. The number of likely N-dealkylation sites (N-methyl/N-ethyl adjacent to an activating group) is 1. The van der Waals surface area contributed by atoms with Crippen LogP contribution in [0.1, 0.15) is 5.56 Å². The molecule has 1 aromatic rings. The Morgan fingerprint density at radius 1 is 1.33 bits per heavy atom. The summed E-state index contributed by atoms with van der Waals surface area (Å²) in [6, 6.07) is 10.1. The maximum atomic E-state index is 11.3. The molecule has 2 N–H and O–H groups in total. The van der Waals surface area contributed by atoms with E-state index in [9.17, 15) is 4.79 Å². The number of nitrogens with one attached hydrogen (secondary N) is 2. The minimum atomic E-state index is -0.150. The number of carbonyl (C=O) groups excluding carboxylic acids is 1. The Morgan fingerprint density at radius 2 is 2.06 bits per heavy atom. The summed E-state index contributed by atoms with van der Waals surface area (Å²) in [5.41, 5.74) is 1.27. The summed E-state index contributed by atoms with van der Waals surface area (Å²) in [5, 5.41) is 5.46. The summed E-state index contributed by atoms with van der Waals surface area (Å²) < 4.78 is 0. The molecule has 98 valence electrons. The second-order valence-electron chi connectivity index (χ2n) is 4.15. The quantitative estimate of drug-likeness (QED) is 0.719. The lowest BCUT2D eigenvalue weighted by molar-refractivity contribution is 0.239. The van der Waals surface area contributed by atoms with E-state index in [1.165, 1.54) is 5.56 Å². The summed E-state index contributed by atoms with van der Waals surface area (Å²) in [6.07, 6.45) is 1.65. The molecular formula is C14H21N3O. The van der Waals surface area contributed by atoms with Gasteiger partial charge in [-0.05, 0) is 12.6 Å². The Balaban J connectivity index is 2.15. The Bertz CT molecular complexity index is 365. The van der Waals surface area contributed by atoms with Crippen molar-refractivity contribution in [2.75, 3.05) is 26.7 Å². The fraction of sp³-hybridized carbons (Fsp3) is 0.357. The van der Waals surface area contributed by atoms with E-state index in [0.717, 1.165) is 13.1 Å². The predicted octanol–water partition coefficient (Wildman–Crippen LogP) is 1.60. The van der Waals surface area contributed by atoms with Crippen molar-refractivity contribution in [2.45, 2.75) is 6.54 Å². The van der Waals surface area contributed by atoms with Crippen molar-refractivity contribution in [2.24, 2.45) is 0 Å². The van der Waals surface area contributed by atoms with Crippen LogP contribution in [0.3, 0.4) is 0 Å². The molecule has 0 spiro atoms.